The number of benzene rings is 1. The van der Waals surface area contributed by atoms with Crippen LogP contribution in [-0.2, 0) is 11.8 Å². The van der Waals surface area contributed by atoms with Gasteiger partial charge in [0.25, 0.3) is 0 Å². The maximum Gasteiger partial charge on any atom is 0.313 e. The number of rotatable bonds is 4. The average molecular weight is 367 g/mol. The van der Waals surface area contributed by atoms with Crippen LogP contribution in [0.2, 0.25) is 0 Å². The molecule has 0 aliphatic heterocycles. The van der Waals surface area contributed by atoms with Crippen LogP contribution in [-0.4, -0.2) is 36.2 Å². The van der Waals surface area contributed by atoms with Crippen molar-refractivity contribution in [2.24, 2.45) is 7.05 Å². The summed E-state index contributed by atoms with van der Waals surface area (Å²) in [7, 11) is 1.84. The zero-order chi connectivity index (χ0) is 15.0. The summed E-state index contributed by atoms with van der Waals surface area (Å²) >= 11 is 4.64. The molecule has 0 fully saturated rings. The maximum atomic E-state index is 10.8. The lowest BCUT2D eigenvalue weighted by Gasteiger charge is -2.05. The topological polar surface area (TPSA) is 72.9 Å². The Hall–Kier alpha value is -1.80. The molecule has 0 radical (unpaired) electrons. The van der Waals surface area contributed by atoms with Crippen molar-refractivity contribution < 1.29 is 9.90 Å². The van der Waals surface area contributed by atoms with E-state index >= 15 is 0 Å². The standard InChI is InChI=1S/C13H11BrN4O2S/c1-17-6-9(5-15-17)18-11-4-8(14)2-3-10(11)16-13(18)21-7-12(19)20/h2-6H,7H2,1H3,(H,19,20). The summed E-state index contributed by atoms with van der Waals surface area (Å²) in [6, 6.07) is 5.77. The van der Waals surface area contributed by atoms with Gasteiger partial charge in [0.2, 0.25) is 0 Å². The van der Waals surface area contributed by atoms with Crippen molar-refractivity contribution in [1.82, 2.24) is 19.3 Å². The molecule has 1 aromatic carbocycles. The van der Waals surface area contributed by atoms with Crippen molar-refractivity contribution in [3.63, 3.8) is 0 Å². The van der Waals surface area contributed by atoms with Gasteiger partial charge in [-0.3, -0.25) is 14.0 Å². The van der Waals surface area contributed by atoms with Gasteiger partial charge in [0.05, 0.1) is 28.7 Å². The normalized spacial score (nSPS) is 11.1. The van der Waals surface area contributed by atoms with E-state index < -0.39 is 5.97 Å². The second kappa shape index (κ2) is 5.53. The summed E-state index contributed by atoms with van der Waals surface area (Å²) in [5.41, 5.74) is 2.58. The van der Waals surface area contributed by atoms with Gasteiger partial charge in [0.15, 0.2) is 5.16 Å². The summed E-state index contributed by atoms with van der Waals surface area (Å²) in [6.07, 6.45) is 3.60. The molecular weight excluding hydrogens is 356 g/mol. The van der Waals surface area contributed by atoms with E-state index in [0.29, 0.717) is 5.16 Å². The lowest BCUT2D eigenvalue weighted by Crippen LogP contribution is -2.01. The minimum absolute atomic E-state index is 0.0370. The van der Waals surface area contributed by atoms with Gasteiger partial charge in [-0.1, -0.05) is 27.7 Å². The van der Waals surface area contributed by atoms with E-state index in [-0.39, 0.29) is 5.75 Å². The van der Waals surface area contributed by atoms with Gasteiger partial charge in [-0.25, -0.2) is 4.98 Å². The lowest BCUT2D eigenvalue weighted by atomic mass is 10.3. The third kappa shape index (κ3) is 2.81. The van der Waals surface area contributed by atoms with E-state index in [4.69, 9.17) is 5.11 Å². The van der Waals surface area contributed by atoms with Crippen molar-refractivity contribution in [1.29, 1.82) is 0 Å². The average Bonchev–Trinajstić information content (AvgIpc) is 2.99. The molecular formula is C13H11BrN4O2S. The van der Waals surface area contributed by atoms with Crippen LogP contribution >= 0.6 is 27.7 Å². The van der Waals surface area contributed by atoms with E-state index in [0.717, 1.165) is 21.2 Å². The predicted molar refractivity (Wildman–Crippen MR) is 83.9 cm³/mol. The molecule has 0 amide bonds. The molecule has 0 saturated carbocycles. The van der Waals surface area contributed by atoms with Crippen LogP contribution in [0.25, 0.3) is 16.7 Å². The number of halogens is 1. The van der Waals surface area contributed by atoms with Gasteiger partial charge in [-0.2, -0.15) is 5.10 Å². The lowest BCUT2D eigenvalue weighted by molar-refractivity contribution is -0.133. The van der Waals surface area contributed by atoms with Gasteiger partial charge in [-0.15, -0.1) is 0 Å². The number of aromatic nitrogens is 4. The number of nitrogens with zero attached hydrogens (tertiary/aromatic N) is 4. The monoisotopic (exact) mass is 366 g/mol. The zero-order valence-corrected chi connectivity index (χ0v) is 13.4. The van der Waals surface area contributed by atoms with E-state index in [9.17, 15) is 4.79 Å². The van der Waals surface area contributed by atoms with Crippen LogP contribution in [0.5, 0.6) is 0 Å². The number of carboxylic acids is 1. The minimum Gasteiger partial charge on any atom is -0.481 e. The van der Waals surface area contributed by atoms with E-state index in [1.807, 2.05) is 36.0 Å². The number of thioether (sulfide) groups is 1. The second-order valence-electron chi connectivity index (χ2n) is 4.42. The highest BCUT2D eigenvalue weighted by Crippen LogP contribution is 2.29. The third-order valence-corrected chi connectivity index (χ3v) is 4.28. The molecule has 0 bridgehead atoms. The first-order valence-corrected chi connectivity index (χ1v) is 7.84. The molecule has 21 heavy (non-hydrogen) atoms. The Kier molecular flexibility index (Phi) is 3.73. The molecule has 0 unspecified atom stereocenters. The summed E-state index contributed by atoms with van der Waals surface area (Å²) in [5, 5.41) is 13.7. The Labute approximate surface area is 132 Å². The fourth-order valence-electron chi connectivity index (χ4n) is 2.02. The highest BCUT2D eigenvalue weighted by Gasteiger charge is 2.15. The Balaban J connectivity index is 2.18. The van der Waals surface area contributed by atoms with Crippen LogP contribution in [0.1, 0.15) is 0 Å². The van der Waals surface area contributed by atoms with Gasteiger partial charge in [-0.05, 0) is 18.2 Å². The van der Waals surface area contributed by atoms with E-state index in [1.165, 1.54) is 11.8 Å². The van der Waals surface area contributed by atoms with Gasteiger partial charge in [0, 0.05) is 17.7 Å². The Bertz CT molecular complexity index is 827. The summed E-state index contributed by atoms with van der Waals surface area (Å²) in [4.78, 5) is 15.3. The number of carbonyl (C=O) groups is 1. The maximum absolute atomic E-state index is 10.8. The molecule has 0 atom stereocenters. The van der Waals surface area contributed by atoms with Gasteiger partial charge < -0.3 is 5.11 Å². The molecule has 0 spiro atoms. The van der Waals surface area contributed by atoms with Crippen LogP contribution in [0.3, 0.4) is 0 Å². The largest absolute Gasteiger partial charge is 0.481 e. The number of carboxylic acid groups (broad SMARTS) is 1. The highest BCUT2D eigenvalue weighted by molar-refractivity contribution is 9.10. The molecule has 3 aromatic rings. The Morgan fingerprint density at radius 1 is 1.48 bits per heavy atom. The SMILES string of the molecule is Cn1cc(-n2c(SCC(=O)O)nc3ccc(Br)cc32)cn1. The van der Waals surface area contributed by atoms with Gasteiger partial charge >= 0.3 is 5.97 Å². The van der Waals surface area contributed by atoms with Crippen molar-refractivity contribution in [3.05, 3.63) is 35.1 Å². The fraction of sp³-hybridized carbons (Fsp3) is 0.154. The first-order chi connectivity index (χ1) is 10.0. The number of aliphatic carboxylic acids is 1. The molecule has 108 valence electrons. The number of imidazole rings is 1. The van der Waals surface area contributed by atoms with Crippen molar-refractivity contribution in [3.8, 4) is 5.69 Å². The molecule has 0 saturated heterocycles. The summed E-state index contributed by atoms with van der Waals surface area (Å²) < 4.78 is 4.56. The molecule has 2 aromatic heterocycles. The van der Waals surface area contributed by atoms with Gasteiger partial charge in [0.1, 0.15) is 0 Å². The quantitative estimate of drug-likeness (QED) is 0.718. The minimum atomic E-state index is -0.869. The molecule has 2 heterocycles. The van der Waals surface area contributed by atoms with Crippen LogP contribution < -0.4 is 0 Å². The first-order valence-electron chi connectivity index (χ1n) is 6.06. The first kappa shape index (κ1) is 14.2. The number of hydrogen-bond acceptors (Lipinski definition) is 4. The summed E-state index contributed by atoms with van der Waals surface area (Å²) in [5.74, 6) is -0.906. The fourth-order valence-corrected chi connectivity index (χ4v) is 3.12. The van der Waals surface area contributed by atoms with Crippen molar-refractivity contribution >= 4 is 44.7 Å². The predicted octanol–water partition coefficient (Wildman–Crippen LogP) is 2.70. The number of hydrogen-bond donors (Lipinski definition) is 1. The Morgan fingerprint density at radius 2 is 2.29 bits per heavy atom. The third-order valence-electron chi connectivity index (χ3n) is 2.86. The second-order valence-corrected chi connectivity index (χ2v) is 6.28. The van der Waals surface area contributed by atoms with Crippen molar-refractivity contribution in [2.45, 2.75) is 5.16 Å². The summed E-state index contributed by atoms with van der Waals surface area (Å²) in [6.45, 7) is 0. The van der Waals surface area contributed by atoms with Crippen LogP contribution in [0.15, 0.2) is 40.2 Å². The smallest absolute Gasteiger partial charge is 0.313 e. The van der Waals surface area contributed by atoms with Crippen LogP contribution in [0.4, 0.5) is 0 Å². The van der Waals surface area contributed by atoms with Crippen LogP contribution in [0, 0.1) is 0 Å². The zero-order valence-electron chi connectivity index (χ0n) is 11.0. The molecule has 0 aliphatic rings. The Morgan fingerprint density at radius 3 is 2.95 bits per heavy atom. The highest BCUT2D eigenvalue weighted by atomic mass is 79.9. The number of aryl methyl sites for hydroxylation is 1. The van der Waals surface area contributed by atoms with E-state index in [1.54, 1.807) is 10.9 Å². The molecule has 6 nitrogen and oxygen atoms in total. The molecule has 3 rings (SSSR count). The van der Waals surface area contributed by atoms with E-state index in [2.05, 4.69) is 26.0 Å². The molecule has 0 aliphatic carbocycles. The molecule has 8 heteroatoms. The van der Waals surface area contributed by atoms with Crippen molar-refractivity contribution in [2.75, 3.05) is 5.75 Å². The number of fused-ring (bicyclic) bond motifs is 1. The molecule has 1 N–H and O–H groups in total.